The Morgan fingerprint density at radius 3 is 2.32 bits per heavy atom. The molecule has 0 saturated heterocycles. The van der Waals surface area contributed by atoms with Gasteiger partial charge in [-0.15, -0.1) is 0 Å². The predicted molar refractivity (Wildman–Crippen MR) is 104 cm³/mol. The Morgan fingerprint density at radius 2 is 1.79 bits per heavy atom. The Morgan fingerprint density at radius 1 is 1.14 bits per heavy atom. The number of carbonyl (C=O) groups excluding carboxylic acids is 1. The maximum absolute atomic E-state index is 13.1. The molecule has 1 heterocycles. The largest absolute Gasteiger partial charge is 0.481 e. The van der Waals surface area contributed by atoms with Crippen molar-refractivity contribution < 1.29 is 23.8 Å². The highest BCUT2D eigenvalue weighted by Crippen LogP contribution is 2.27. The smallest absolute Gasteiger partial charge is 0.341 e. The van der Waals surface area contributed by atoms with Gasteiger partial charge in [0, 0.05) is 18.7 Å². The monoisotopic (exact) mass is 383 g/mol. The van der Waals surface area contributed by atoms with Crippen molar-refractivity contribution in [2.45, 2.75) is 20.3 Å². The first kappa shape index (κ1) is 19.6. The molecular formula is C22H22FNO4. The average Bonchev–Trinajstić information content (AvgIpc) is 2.67. The van der Waals surface area contributed by atoms with Crippen LogP contribution in [0, 0.1) is 19.7 Å². The van der Waals surface area contributed by atoms with Crippen molar-refractivity contribution in [2.75, 3.05) is 19.7 Å². The minimum atomic E-state index is -1.05. The van der Waals surface area contributed by atoms with E-state index in [0.29, 0.717) is 30.8 Å². The van der Waals surface area contributed by atoms with Gasteiger partial charge in [-0.25, -0.2) is 9.18 Å². The molecule has 3 rings (SSSR count). The summed E-state index contributed by atoms with van der Waals surface area (Å²) in [5.74, 6) is -0.893. The predicted octanol–water partition coefficient (Wildman–Crippen LogP) is 3.84. The molecule has 1 N–H and O–H groups in total. The number of carbonyl (C=O) groups is 2. The molecule has 0 spiro atoms. The van der Waals surface area contributed by atoms with Gasteiger partial charge in [0.25, 0.3) is 5.91 Å². The number of aliphatic carboxylic acids is 1. The van der Waals surface area contributed by atoms with Gasteiger partial charge in [-0.1, -0.05) is 18.2 Å². The second-order valence-electron chi connectivity index (χ2n) is 6.86. The first-order valence-electron chi connectivity index (χ1n) is 9.05. The molecule has 0 bridgehead atoms. The van der Waals surface area contributed by atoms with Crippen LogP contribution in [0.3, 0.4) is 0 Å². The number of ether oxygens (including phenoxy) is 1. The van der Waals surface area contributed by atoms with Crippen LogP contribution in [0.15, 0.2) is 42.5 Å². The third-order valence-electron chi connectivity index (χ3n) is 4.76. The molecule has 5 nitrogen and oxygen atoms in total. The maximum atomic E-state index is 13.1. The summed E-state index contributed by atoms with van der Waals surface area (Å²) in [6.07, 6.45) is 2.70. The fourth-order valence-electron chi connectivity index (χ4n) is 3.40. The molecule has 1 amide bonds. The van der Waals surface area contributed by atoms with E-state index in [4.69, 9.17) is 9.84 Å². The van der Waals surface area contributed by atoms with E-state index in [1.807, 2.05) is 6.08 Å². The minimum Gasteiger partial charge on any atom is -0.481 e. The van der Waals surface area contributed by atoms with Crippen LogP contribution in [0.1, 0.15) is 33.5 Å². The number of nitrogens with zero attached hydrogens (tertiary/aromatic N) is 1. The van der Waals surface area contributed by atoms with Crippen molar-refractivity contribution in [3.8, 4) is 5.75 Å². The number of halogens is 1. The molecule has 0 radical (unpaired) electrons. The lowest BCUT2D eigenvalue weighted by atomic mass is 9.98. The number of hydrogen-bond donors (Lipinski definition) is 1. The number of aryl methyl sites for hydroxylation is 2. The lowest BCUT2D eigenvalue weighted by Gasteiger charge is -2.27. The molecule has 2 aromatic carbocycles. The molecule has 0 aromatic heterocycles. The molecular weight excluding hydrogens is 361 g/mol. The van der Waals surface area contributed by atoms with Crippen LogP contribution in [0.5, 0.6) is 5.75 Å². The number of hydrogen-bond acceptors (Lipinski definition) is 3. The topological polar surface area (TPSA) is 66.8 Å². The van der Waals surface area contributed by atoms with E-state index in [1.54, 1.807) is 43.0 Å². The van der Waals surface area contributed by atoms with Gasteiger partial charge < -0.3 is 14.7 Å². The van der Waals surface area contributed by atoms with Crippen LogP contribution in [-0.2, 0) is 4.79 Å². The Kier molecular flexibility index (Phi) is 5.78. The quantitative estimate of drug-likeness (QED) is 0.852. The highest BCUT2D eigenvalue weighted by atomic mass is 19.1. The fourth-order valence-corrected chi connectivity index (χ4v) is 3.40. The number of carboxylic acid groups (broad SMARTS) is 1. The number of amides is 1. The van der Waals surface area contributed by atoms with E-state index < -0.39 is 12.6 Å². The summed E-state index contributed by atoms with van der Waals surface area (Å²) >= 11 is 0. The summed E-state index contributed by atoms with van der Waals surface area (Å²) in [6.45, 7) is 4.24. The highest BCUT2D eigenvalue weighted by molar-refractivity contribution is 5.95. The van der Waals surface area contributed by atoms with Crippen molar-refractivity contribution >= 4 is 17.4 Å². The summed E-state index contributed by atoms with van der Waals surface area (Å²) in [4.78, 5) is 25.4. The van der Waals surface area contributed by atoms with E-state index in [0.717, 1.165) is 22.3 Å². The van der Waals surface area contributed by atoms with Crippen LogP contribution >= 0.6 is 0 Å². The van der Waals surface area contributed by atoms with Gasteiger partial charge in [0.15, 0.2) is 6.61 Å². The van der Waals surface area contributed by atoms with E-state index >= 15 is 0 Å². The van der Waals surface area contributed by atoms with Crippen LogP contribution in [0.4, 0.5) is 4.39 Å². The second-order valence-corrected chi connectivity index (χ2v) is 6.86. The highest BCUT2D eigenvalue weighted by Gasteiger charge is 2.21. The molecule has 28 heavy (non-hydrogen) atoms. The molecule has 0 fully saturated rings. The van der Waals surface area contributed by atoms with E-state index in [2.05, 4.69) is 0 Å². The zero-order chi connectivity index (χ0) is 20.3. The molecule has 1 aliphatic heterocycles. The average molecular weight is 383 g/mol. The number of rotatable bonds is 5. The molecule has 6 heteroatoms. The Balaban J connectivity index is 1.72. The molecule has 0 unspecified atom stereocenters. The minimum absolute atomic E-state index is 0.0783. The van der Waals surface area contributed by atoms with Crippen molar-refractivity contribution in [1.82, 2.24) is 4.90 Å². The molecule has 0 atom stereocenters. The molecule has 1 aliphatic rings. The standard InChI is InChI=1S/C22H22FNO4/c1-14-11-18(12-15(2)21(14)28-13-20(25)26)22(27)24-9-7-17(8-10-24)16-3-5-19(23)6-4-16/h3-7,11-12H,8-10,13H2,1-2H3,(H,25,26). The second kappa shape index (κ2) is 8.25. The Labute approximate surface area is 163 Å². The lowest BCUT2D eigenvalue weighted by molar-refractivity contribution is -0.139. The summed E-state index contributed by atoms with van der Waals surface area (Å²) in [5.41, 5.74) is 4.08. The third-order valence-corrected chi connectivity index (χ3v) is 4.76. The fraction of sp³-hybridized carbons (Fsp3) is 0.273. The first-order chi connectivity index (χ1) is 13.3. The van der Waals surface area contributed by atoms with Gasteiger partial charge in [0.2, 0.25) is 0 Å². The van der Waals surface area contributed by atoms with Crippen molar-refractivity contribution in [1.29, 1.82) is 0 Å². The molecule has 0 aliphatic carbocycles. The SMILES string of the molecule is Cc1cc(C(=O)N2CC=C(c3ccc(F)cc3)CC2)cc(C)c1OCC(=O)O. The van der Waals surface area contributed by atoms with Gasteiger partial charge >= 0.3 is 5.97 Å². The van der Waals surface area contributed by atoms with Gasteiger partial charge in [-0.05, 0) is 66.8 Å². The maximum Gasteiger partial charge on any atom is 0.341 e. The van der Waals surface area contributed by atoms with Gasteiger partial charge in [-0.3, -0.25) is 4.79 Å². The zero-order valence-electron chi connectivity index (χ0n) is 15.9. The van der Waals surface area contributed by atoms with Crippen molar-refractivity contribution in [3.63, 3.8) is 0 Å². The first-order valence-corrected chi connectivity index (χ1v) is 9.05. The van der Waals surface area contributed by atoms with E-state index in [-0.39, 0.29) is 11.7 Å². The summed E-state index contributed by atoms with van der Waals surface area (Å²) in [6, 6.07) is 9.83. The van der Waals surface area contributed by atoms with Gasteiger partial charge in [0.05, 0.1) is 0 Å². The van der Waals surface area contributed by atoms with Gasteiger partial charge in [0.1, 0.15) is 11.6 Å². The Bertz CT molecular complexity index is 911. The van der Waals surface area contributed by atoms with Crippen molar-refractivity contribution in [3.05, 3.63) is 70.5 Å². The zero-order valence-corrected chi connectivity index (χ0v) is 15.9. The molecule has 0 saturated carbocycles. The Hall–Kier alpha value is -3.15. The molecule has 146 valence electrons. The van der Waals surface area contributed by atoms with Crippen LogP contribution in [0.25, 0.3) is 5.57 Å². The number of carboxylic acids is 1. The van der Waals surface area contributed by atoms with Crippen LogP contribution in [0.2, 0.25) is 0 Å². The van der Waals surface area contributed by atoms with Gasteiger partial charge in [-0.2, -0.15) is 0 Å². The third kappa shape index (κ3) is 4.39. The summed E-state index contributed by atoms with van der Waals surface area (Å²) in [7, 11) is 0. The lowest BCUT2D eigenvalue weighted by Crippen LogP contribution is -2.34. The van der Waals surface area contributed by atoms with Crippen molar-refractivity contribution in [2.24, 2.45) is 0 Å². The van der Waals surface area contributed by atoms with Crippen LogP contribution in [-0.4, -0.2) is 41.6 Å². The summed E-state index contributed by atoms with van der Waals surface area (Å²) in [5, 5.41) is 8.78. The van der Waals surface area contributed by atoms with E-state index in [9.17, 15) is 14.0 Å². The molecule has 2 aromatic rings. The van der Waals surface area contributed by atoms with Crippen LogP contribution < -0.4 is 4.74 Å². The normalized spacial score (nSPS) is 13.8. The van der Waals surface area contributed by atoms with E-state index in [1.165, 1.54) is 12.1 Å². The number of benzene rings is 2. The summed E-state index contributed by atoms with van der Waals surface area (Å²) < 4.78 is 18.4.